The molecule has 1 heteroatoms. The van der Waals surface area contributed by atoms with E-state index in [1.807, 2.05) is 0 Å². The molecule has 1 atom stereocenters. The van der Waals surface area contributed by atoms with Crippen molar-refractivity contribution in [2.45, 2.75) is 122 Å². The van der Waals surface area contributed by atoms with Crippen molar-refractivity contribution in [1.29, 1.82) is 5.26 Å². The number of nitriles is 1. The van der Waals surface area contributed by atoms with Crippen LogP contribution in [0.1, 0.15) is 122 Å². The van der Waals surface area contributed by atoms with E-state index in [1.54, 1.807) is 5.57 Å². The Morgan fingerprint density at radius 3 is 1.91 bits per heavy atom. The van der Waals surface area contributed by atoms with Gasteiger partial charge in [0.1, 0.15) is 0 Å². The van der Waals surface area contributed by atoms with Crippen molar-refractivity contribution in [3.63, 3.8) is 0 Å². The summed E-state index contributed by atoms with van der Waals surface area (Å²) in [5.41, 5.74) is 5.00. The molecule has 0 amide bonds. The predicted molar refractivity (Wildman–Crippen MR) is 142 cm³/mol. The fourth-order valence-electron chi connectivity index (χ4n) is 6.24. The molecular weight excluding hydrogens is 386 g/mol. The highest BCUT2D eigenvalue weighted by molar-refractivity contribution is 5.46. The van der Waals surface area contributed by atoms with Crippen molar-refractivity contribution in [1.82, 2.24) is 0 Å². The summed E-state index contributed by atoms with van der Waals surface area (Å²) in [6.07, 6.45) is 12.5. The molecule has 1 rings (SSSR count). The van der Waals surface area contributed by atoms with Crippen LogP contribution in [-0.4, -0.2) is 0 Å². The lowest BCUT2D eigenvalue weighted by atomic mass is 9.62. The number of rotatable bonds is 9. The molecular formula is C31H53N. The summed E-state index contributed by atoms with van der Waals surface area (Å²) in [4.78, 5) is 0. The first-order valence-electron chi connectivity index (χ1n) is 12.8. The SMILES string of the molecule is CCCC1=C(C(C)(C)CC(C)(C)CC#N)C=CC(C(C)(C)CC(C)(C)C)=CC1(C)C(C)C. The van der Waals surface area contributed by atoms with E-state index in [0.717, 1.165) is 25.7 Å². The minimum Gasteiger partial charge on any atom is -0.198 e. The van der Waals surface area contributed by atoms with Crippen molar-refractivity contribution in [2.24, 2.45) is 33.0 Å². The number of hydrogen-bond donors (Lipinski definition) is 0. The van der Waals surface area contributed by atoms with E-state index in [-0.39, 0.29) is 27.1 Å². The van der Waals surface area contributed by atoms with E-state index in [4.69, 9.17) is 0 Å². The Labute approximate surface area is 201 Å². The van der Waals surface area contributed by atoms with Crippen molar-refractivity contribution >= 4 is 0 Å². The molecule has 0 radical (unpaired) electrons. The Bertz CT molecular complexity index is 783. The Balaban J connectivity index is 3.74. The topological polar surface area (TPSA) is 23.8 Å². The molecule has 0 fully saturated rings. The molecule has 1 unspecified atom stereocenters. The van der Waals surface area contributed by atoms with E-state index < -0.39 is 0 Å². The molecule has 0 aliphatic heterocycles. The molecule has 182 valence electrons. The quantitative estimate of drug-likeness (QED) is 0.350. The van der Waals surface area contributed by atoms with Gasteiger partial charge in [0.15, 0.2) is 0 Å². The monoisotopic (exact) mass is 439 g/mol. The summed E-state index contributed by atoms with van der Waals surface area (Å²) < 4.78 is 0. The second-order valence-corrected chi connectivity index (χ2v) is 14.2. The van der Waals surface area contributed by atoms with Crippen molar-refractivity contribution in [2.75, 3.05) is 0 Å². The summed E-state index contributed by atoms with van der Waals surface area (Å²) in [5.74, 6) is 0.516. The summed E-state index contributed by atoms with van der Waals surface area (Å²) in [6, 6.07) is 2.42. The van der Waals surface area contributed by atoms with Gasteiger partial charge in [0.2, 0.25) is 0 Å². The van der Waals surface area contributed by atoms with Crippen LogP contribution in [0.15, 0.2) is 34.9 Å². The van der Waals surface area contributed by atoms with Crippen molar-refractivity contribution in [3.05, 3.63) is 34.9 Å². The van der Waals surface area contributed by atoms with Crippen molar-refractivity contribution < 1.29 is 0 Å². The van der Waals surface area contributed by atoms with Gasteiger partial charge in [-0.3, -0.25) is 0 Å². The van der Waals surface area contributed by atoms with E-state index in [0.29, 0.717) is 12.3 Å². The van der Waals surface area contributed by atoms with Crippen LogP contribution >= 0.6 is 0 Å². The van der Waals surface area contributed by atoms with Gasteiger partial charge in [-0.15, -0.1) is 0 Å². The third kappa shape index (κ3) is 7.10. The predicted octanol–water partition coefficient (Wildman–Crippen LogP) is 10.1. The molecule has 0 saturated heterocycles. The molecule has 0 bridgehead atoms. The molecule has 0 aromatic carbocycles. The third-order valence-corrected chi connectivity index (χ3v) is 7.52. The average molecular weight is 440 g/mol. The zero-order valence-corrected chi connectivity index (χ0v) is 23.8. The zero-order valence-electron chi connectivity index (χ0n) is 23.8. The van der Waals surface area contributed by atoms with Gasteiger partial charge in [-0.05, 0) is 58.0 Å². The Morgan fingerprint density at radius 1 is 0.906 bits per heavy atom. The first-order chi connectivity index (χ1) is 14.3. The lowest BCUT2D eigenvalue weighted by Crippen LogP contribution is -2.31. The van der Waals surface area contributed by atoms with E-state index >= 15 is 0 Å². The largest absolute Gasteiger partial charge is 0.198 e. The van der Waals surface area contributed by atoms with E-state index in [2.05, 4.69) is 114 Å². The molecule has 0 aromatic heterocycles. The van der Waals surface area contributed by atoms with Gasteiger partial charge in [0.25, 0.3) is 0 Å². The third-order valence-electron chi connectivity index (χ3n) is 7.52. The van der Waals surface area contributed by atoms with Crippen LogP contribution in [0.3, 0.4) is 0 Å². The molecule has 1 aliphatic carbocycles. The Kier molecular flexibility index (Phi) is 8.90. The summed E-state index contributed by atoms with van der Waals surface area (Å²) >= 11 is 0. The lowest BCUT2D eigenvalue weighted by molar-refractivity contribution is 0.228. The van der Waals surface area contributed by atoms with Crippen LogP contribution in [-0.2, 0) is 0 Å². The van der Waals surface area contributed by atoms with E-state index in [9.17, 15) is 5.26 Å². The van der Waals surface area contributed by atoms with Crippen LogP contribution in [0.5, 0.6) is 0 Å². The molecule has 1 nitrogen and oxygen atoms in total. The smallest absolute Gasteiger partial charge is 0.0627 e. The zero-order chi connectivity index (χ0) is 25.2. The second kappa shape index (κ2) is 9.91. The fraction of sp³-hybridized carbons (Fsp3) is 0.774. The highest BCUT2D eigenvalue weighted by atomic mass is 14.5. The molecule has 0 spiro atoms. The van der Waals surface area contributed by atoms with Crippen LogP contribution in [0.25, 0.3) is 0 Å². The maximum Gasteiger partial charge on any atom is 0.0627 e. The van der Waals surface area contributed by atoms with Gasteiger partial charge in [-0.2, -0.15) is 5.26 Å². The van der Waals surface area contributed by atoms with Crippen LogP contribution in [0, 0.1) is 44.3 Å². The maximum absolute atomic E-state index is 9.38. The lowest BCUT2D eigenvalue weighted by Gasteiger charge is -2.42. The van der Waals surface area contributed by atoms with E-state index in [1.165, 1.54) is 11.1 Å². The molecule has 0 aromatic rings. The van der Waals surface area contributed by atoms with Crippen LogP contribution in [0.4, 0.5) is 0 Å². The van der Waals surface area contributed by atoms with Crippen LogP contribution in [0.2, 0.25) is 0 Å². The van der Waals surface area contributed by atoms with Gasteiger partial charge in [0, 0.05) is 11.8 Å². The molecule has 1 aliphatic rings. The highest BCUT2D eigenvalue weighted by Crippen LogP contribution is 2.52. The van der Waals surface area contributed by atoms with Crippen LogP contribution < -0.4 is 0 Å². The van der Waals surface area contributed by atoms with Gasteiger partial charge in [-0.25, -0.2) is 0 Å². The fourth-order valence-corrected chi connectivity index (χ4v) is 6.24. The highest BCUT2D eigenvalue weighted by Gasteiger charge is 2.41. The number of nitrogens with zero attached hydrogens (tertiary/aromatic N) is 1. The van der Waals surface area contributed by atoms with Crippen molar-refractivity contribution in [3.8, 4) is 6.07 Å². The molecule has 0 N–H and O–H groups in total. The van der Waals surface area contributed by atoms with Gasteiger partial charge >= 0.3 is 0 Å². The standard InChI is InChI=1S/C31H53N/c1-14-15-26-25(30(11,12)22-28(7,8)18-19-32)17-16-24(20-31(26,13)23(2)3)29(9,10)21-27(4,5)6/h16-17,20,23H,14-15,18,21-22H2,1-13H3. The minimum absolute atomic E-state index is 0.00127. The Hall–Kier alpha value is -1.29. The summed E-state index contributed by atoms with van der Waals surface area (Å²) in [6.45, 7) is 30.7. The molecule has 0 saturated carbocycles. The summed E-state index contributed by atoms with van der Waals surface area (Å²) in [5, 5.41) is 9.38. The minimum atomic E-state index is -0.00127. The van der Waals surface area contributed by atoms with Gasteiger partial charge in [0.05, 0.1) is 6.07 Å². The maximum atomic E-state index is 9.38. The summed E-state index contributed by atoms with van der Waals surface area (Å²) in [7, 11) is 0. The first-order valence-corrected chi connectivity index (χ1v) is 12.8. The van der Waals surface area contributed by atoms with Gasteiger partial charge < -0.3 is 0 Å². The first kappa shape index (κ1) is 28.7. The number of hydrogen-bond acceptors (Lipinski definition) is 1. The Morgan fingerprint density at radius 2 is 1.47 bits per heavy atom. The second-order valence-electron chi connectivity index (χ2n) is 14.2. The number of allylic oxidation sites excluding steroid dienone is 6. The average Bonchev–Trinajstić information content (AvgIpc) is 2.71. The normalized spacial score (nSPS) is 21.0. The molecule has 0 heterocycles. The molecule has 32 heavy (non-hydrogen) atoms. The van der Waals surface area contributed by atoms with Gasteiger partial charge in [-0.1, -0.05) is 120 Å².